The summed E-state index contributed by atoms with van der Waals surface area (Å²) in [7, 11) is 0. The topological polar surface area (TPSA) is 66.8 Å². The van der Waals surface area contributed by atoms with E-state index in [4.69, 9.17) is 9.84 Å². The number of aliphatic carboxylic acids is 1. The molecule has 5 nitrogen and oxygen atoms in total. The molecule has 2 rings (SSSR count). The average molecular weight is 319 g/mol. The van der Waals surface area contributed by atoms with E-state index < -0.39 is 5.97 Å². The molecule has 1 heterocycles. The molecule has 1 aromatic carbocycles. The number of carbonyl (C=O) groups is 2. The molecule has 1 saturated heterocycles. The summed E-state index contributed by atoms with van der Waals surface area (Å²) in [5.74, 6) is -0.124. The molecule has 1 aliphatic heterocycles. The monoisotopic (exact) mass is 319 g/mol. The van der Waals surface area contributed by atoms with E-state index in [0.717, 1.165) is 11.3 Å². The Balaban J connectivity index is 1.82. The molecule has 1 aromatic rings. The number of carbonyl (C=O) groups excluding carboxylic acids is 1. The van der Waals surface area contributed by atoms with Crippen molar-refractivity contribution in [2.75, 3.05) is 19.7 Å². The normalized spacial score (nSPS) is 21.0. The molecule has 5 heteroatoms. The number of ether oxygens (including phenoxy) is 1. The van der Waals surface area contributed by atoms with Crippen molar-refractivity contribution < 1.29 is 19.4 Å². The quantitative estimate of drug-likeness (QED) is 0.875. The second kappa shape index (κ2) is 7.99. The van der Waals surface area contributed by atoms with Crippen LogP contribution in [0.15, 0.2) is 24.3 Å². The minimum atomic E-state index is -0.751. The predicted octanol–water partition coefficient (Wildman–Crippen LogP) is 2.59. The molecule has 1 amide bonds. The van der Waals surface area contributed by atoms with Gasteiger partial charge in [0.1, 0.15) is 5.75 Å². The van der Waals surface area contributed by atoms with Crippen LogP contribution in [0.5, 0.6) is 5.75 Å². The zero-order valence-electron chi connectivity index (χ0n) is 13.8. The first kappa shape index (κ1) is 17.3. The van der Waals surface area contributed by atoms with Crippen molar-refractivity contribution in [3.05, 3.63) is 29.8 Å². The highest BCUT2D eigenvalue weighted by Crippen LogP contribution is 2.24. The van der Waals surface area contributed by atoms with Crippen molar-refractivity contribution in [3.63, 3.8) is 0 Å². The Kier molecular flexibility index (Phi) is 6.02. The van der Waals surface area contributed by atoms with E-state index >= 15 is 0 Å². The number of carboxylic acids is 1. The van der Waals surface area contributed by atoms with Crippen molar-refractivity contribution in [3.8, 4) is 5.75 Å². The van der Waals surface area contributed by atoms with Gasteiger partial charge in [-0.05, 0) is 43.4 Å². The van der Waals surface area contributed by atoms with Crippen LogP contribution < -0.4 is 4.74 Å². The average Bonchev–Trinajstić information content (AvgIpc) is 2.53. The van der Waals surface area contributed by atoms with E-state index in [-0.39, 0.29) is 17.7 Å². The second-order valence-corrected chi connectivity index (χ2v) is 6.13. The van der Waals surface area contributed by atoms with Gasteiger partial charge < -0.3 is 14.7 Å². The number of aryl methyl sites for hydroxylation is 1. The highest BCUT2D eigenvalue weighted by atomic mass is 16.5. The first-order valence-electron chi connectivity index (χ1n) is 8.23. The van der Waals surface area contributed by atoms with E-state index in [1.54, 1.807) is 4.90 Å². The molecule has 0 radical (unpaired) electrons. The van der Waals surface area contributed by atoms with Gasteiger partial charge in [-0.25, -0.2) is 0 Å². The van der Waals surface area contributed by atoms with Crippen LogP contribution in [0, 0.1) is 11.8 Å². The number of nitrogens with zero attached hydrogens (tertiary/aromatic N) is 1. The van der Waals surface area contributed by atoms with Crippen molar-refractivity contribution in [1.29, 1.82) is 0 Å². The highest BCUT2D eigenvalue weighted by Gasteiger charge is 2.32. The van der Waals surface area contributed by atoms with Gasteiger partial charge in [0.2, 0.25) is 5.91 Å². The Labute approximate surface area is 137 Å². The van der Waals surface area contributed by atoms with Gasteiger partial charge in [0.25, 0.3) is 0 Å². The number of amides is 1. The maximum Gasteiger partial charge on any atom is 0.306 e. The van der Waals surface area contributed by atoms with Crippen LogP contribution in [-0.4, -0.2) is 41.6 Å². The molecule has 1 N–H and O–H groups in total. The molecule has 0 aliphatic carbocycles. The summed E-state index contributed by atoms with van der Waals surface area (Å²) in [4.78, 5) is 25.2. The summed E-state index contributed by atoms with van der Waals surface area (Å²) in [6.45, 7) is 5.58. The number of carboxylic acid groups (broad SMARTS) is 1. The molecule has 1 fully saturated rings. The lowest BCUT2D eigenvalue weighted by Crippen LogP contribution is -2.45. The minimum Gasteiger partial charge on any atom is -0.494 e. The number of hydrogen-bond acceptors (Lipinski definition) is 3. The van der Waals surface area contributed by atoms with Gasteiger partial charge in [0.15, 0.2) is 0 Å². The maximum atomic E-state index is 12.3. The summed E-state index contributed by atoms with van der Waals surface area (Å²) in [5.41, 5.74) is 1.11. The fourth-order valence-electron chi connectivity index (χ4n) is 3.07. The summed E-state index contributed by atoms with van der Waals surface area (Å²) in [5, 5.41) is 9.13. The number of rotatable bonds is 6. The van der Waals surface area contributed by atoms with E-state index in [1.165, 1.54) is 0 Å². The van der Waals surface area contributed by atoms with Crippen LogP contribution in [0.25, 0.3) is 0 Å². The molecule has 0 saturated carbocycles. The number of hydrogen-bond donors (Lipinski definition) is 1. The van der Waals surface area contributed by atoms with Crippen LogP contribution in [-0.2, 0) is 16.0 Å². The van der Waals surface area contributed by atoms with Crippen molar-refractivity contribution >= 4 is 11.9 Å². The lowest BCUT2D eigenvalue weighted by molar-refractivity contribution is -0.148. The third-order valence-electron chi connectivity index (χ3n) is 4.44. The first-order valence-corrected chi connectivity index (χ1v) is 8.23. The fourth-order valence-corrected chi connectivity index (χ4v) is 3.07. The summed E-state index contributed by atoms with van der Waals surface area (Å²) >= 11 is 0. The first-order chi connectivity index (χ1) is 11.0. The Bertz CT molecular complexity index is 540. The van der Waals surface area contributed by atoms with Gasteiger partial charge in [0, 0.05) is 19.5 Å². The van der Waals surface area contributed by atoms with E-state index in [2.05, 4.69) is 0 Å². The van der Waals surface area contributed by atoms with Gasteiger partial charge in [-0.1, -0.05) is 19.1 Å². The fraction of sp³-hybridized carbons (Fsp3) is 0.556. The molecular formula is C18H25NO4. The van der Waals surface area contributed by atoms with Crippen LogP contribution in [0.4, 0.5) is 0 Å². The van der Waals surface area contributed by atoms with Gasteiger partial charge in [-0.2, -0.15) is 0 Å². The molecule has 23 heavy (non-hydrogen) atoms. The van der Waals surface area contributed by atoms with Gasteiger partial charge in [-0.3, -0.25) is 9.59 Å². The van der Waals surface area contributed by atoms with E-state index in [0.29, 0.717) is 39.0 Å². The summed E-state index contributed by atoms with van der Waals surface area (Å²) in [6, 6.07) is 7.81. The van der Waals surface area contributed by atoms with Gasteiger partial charge in [0.05, 0.1) is 12.5 Å². The zero-order valence-corrected chi connectivity index (χ0v) is 13.8. The van der Waals surface area contributed by atoms with Crippen LogP contribution in [0.1, 0.15) is 32.3 Å². The third-order valence-corrected chi connectivity index (χ3v) is 4.44. The number of likely N-dealkylation sites (tertiary alicyclic amines) is 1. The lowest BCUT2D eigenvalue weighted by atomic mass is 9.87. The third kappa shape index (κ3) is 4.71. The summed E-state index contributed by atoms with van der Waals surface area (Å²) in [6.07, 6.45) is 1.70. The molecule has 1 aliphatic rings. The van der Waals surface area contributed by atoms with E-state index in [9.17, 15) is 9.59 Å². The number of benzene rings is 1. The molecule has 2 atom stereocenters. The van der Waals surface area contributed by atoms with E-state index in [1.807, 2.05) is 38.1 Å². The molecule has 0 aromatic heterocycles. The Morgan fingerprint density at radius 1 is 1.30 bits per heavy atom. The van der Waals surface area contributed by atoms with Crippen LogP contribution in [0.2, 0.25) is 0 Å². The highest BCUT2D eigenvalue weighted by molar-refractivity contribution is 5.77. The van der Waals surface area contributed by atoms with Crippen molar-refractivity contribution in [2.24, 2.45) is 11.8 Å². The molecular weight excluding hydrogens is 294 g/mol. The minimum absolute atomic E-state index is 0.00989. The standard InChI is InChI=1S/C18H25NO4/c1-3-23-15-7-4-14(5-8-15)6-9-17(20)19-11-10-16(18(21)22)13(2)12-19/h4-5,7-8,13,16H,3,6,9-12H2,1-2H3,(H,21,22). The number of piperidine rings is 1. The van der Waals surface area contributed by atoms with Crippen molar-refractivity contribution in [1.82, 2.24) is 4.90 Å². The molecule has 2 unspecified atom stereocenters. The molecule has 0 bridgehead atoms. The van der Waals surface area contributed by atoms with Crippen LogP contribution in [0.3, 0.4) is 0 Å². The van der Waals surface area contributed by atoms with Gasteiger partial charge >= 0.3 is 5.97 Å². The molecule has 126 valence electrons. The molecule has 0 spiro atoms. The Morgan fingerprint density at radius 3 is 2.57 bits per heavy atom. The van der Waals surface area contributed by atoms with Crippen molar-refractivity contribution in [2.45, 2.75) is 33.1 Å². The lowest BCUT2D eigenvalue weighted by Gasteiger charge is -2.35. The smallest absolute Gasteiger partial charge is 0.306 e. The zero-order chi connectivity index (χ0) is 16.8. The van der Waals surface area contributed by atoms with Gasteiger partial charge in [-0.15, -0.1) is 0 Å². The largest absolute Gasteiger partial charge is 0.494 e. The Morgan fingerprint density at radius 2 is 2.00 bits per heavy atom. The summed E-state index contributed by atoms with van der Waals surface area (Å²) < 4.78 is 5.40. The second-order valence-electron chi connectivity index (χ2n) is 6.13. The Hall–Kier alpha value is -2.04. The van der Waals surface area contributed by atoms with Crippen LogP contribution >= 0.6 is 0 Å². The SMILES string of the molecule is CCOc1ccc(CCC(=O)N2CCC(C(=O)O)C(C)C2)cc1. The maximum absolute atomic E-state index is 12.3. The predicted molar refractivity (Wildman–Crippen MR) is 87.4 cm³/mol.